The van der Waals surface area contributed by atoms with E-state index < -0.39 is 0 Å². The minimum Gasteiger partial charge on any atom is -0.325 e. The fraction of sp³-hybridized carbons (Fsp3) is 0.357. The number of hydrogen-bond acceptors (Lipinski definition) is 2. The number of para-hydroxylation sites is 1. The van der Waals surface area contributed by atoms with Gasteiger partial charge in [-0.25, -0.2) is 4.68 Å². The number of benzene rings is 1. The molecule has 2 aromatic rings. The Labute approximate surface area is 100 Å². The van der Waals surface area contributed by atoms with Crippen molar-refractivity contribution < 1.29 is 0 Å². The van der Waals surface area contributed by atoms with Crippen LogP contribution >= 0.6 is 0 Å². The van der Waals surface area contributed by atoms with Crippen molar-refractivity contribution in [2.24, 2.45) is 5.73 Å². The van der Waals surface area contributed by atoms with Gasteiger partial charge in [0.05, 0.1) is 11.4 Å². The van der Waals surface area contributed by atoms with Crippen molar-refractivity contribution in [3.05, 3.63) is 48.3 Å². The molecule has 0 amide bonds. The zero-order chi connectivity index (χ0) is 11.5. The number of rotatable bonds is 2. The van der Waals surface area contributed by atoms with Gasteiger partial charge in [0.1, 0.15) is 0 Å². The van der Waals surface area contributed by atoms with Gasteiger partial charge in [-0.05, 0) is 37.5 Å². The first-order valence-corrected chi connectivity index (χ1v) is 6.10. The molecule has 0 unspecified atom stereocenters. The molecule has 2 bridgehead atoms. The molecular formula is C14H15N3. The van der Waals surface area contributed by atoms with Crippen LogP contribution in [0, 0.1) is 0 Å². The highest BCUT2D eigenvalue weighted by atomic mass is 15.3. The van der Waals surface area contributed by atoms with Crippen molar-refractivity contribution >= 4 is 0 Å². The zero-order valence-corrected chi connectivity index (χ0v) is 9.63. The first-order chi connectivity index (χ1) is 8.19. The summed E-state index contributed by atoms with van der Waals surface area (Å²) in [5, 5.41) is 4.70. The molecule has 1 aromatic heterocycles. The highest BCUT2D eigenvalue weighted by molar-refractivity contribution is 5.38. The van der Waals surface area contributed by atoms with Gasteiger partial charge in [-0.3, -0.25) is 0 Å². The number of aromatic nitrogens is 2. The summed E-state index contributed by atoms with van der Waals surface area (Å²) in [7, 11) is 0. The molecule has 1 heterocycles. The van der Waals surface area contributed by atoms with E-state index in [0.717, 1.165) is 24.9 Å². The van der Waals surface area contributed by atoms with Gasteiger partial charge in [0, 0.05) is 17.2 Å². The van der Waals surface area contributed by atoms with E-state index in [1.54, 1.807) is 0 Å². The molecule has 3 fully saturated rings. The van der Waals surface area contributed by atoms with Crippen molar-refractivity contribution in [2.45, 2.75) is 30.2 Å². The fourth-order valence-corrected chi connectivity index (χ4v) is 3.47. The van der Waals surface area contributed by atoms with Gasteiger partial charge in [-0.2, -0.15) is 5.10 Å². The molecular weight excluding hydrogens is 210 g/mol. The molecule has 5 rings (SSSR count). The molecule has 0 radical (unpaired) electrons. The summed E-state index contributed by atoms with van der Waals surface area (Å²) in [6.45, 7) is 0. The normalized spacial score (nSPS) is 33.9. The lowest BCUT2D eigenvalue weighted by Gasteiger charge is -2.68. The molecule has 17 heavy (non-hydrogen) atoms. The van der Waals surface area contributed by atoms with E-state index in [4.69, 9.17) is 10.8 Å². The molecule has 3 saturated carbocycles. The smallest absolute Gasteiger partial charge is 0.0692 e. The highest BCUT2D eigenvalue weighted by Crippen LogP contribution is 2.65. The van der Waals surface area contributed by atoms with Gasteiger partial charge in [0.2, 0.25) is 0 Å². The van der Waals surface area contributed by atoms with Crippen LogP contribution < -0.4 is 5.73 Å². The van der Waals surface area contributed by atoms with E-state index in [9.17, 15) is 0 Å². The van der Waals surface area contributed by atoms with Crippen LogP contribution in [0.4, 0.5) is 0 Å². The Bertz CT molecular complexity index is 550. The van der Waals surface area contributed by atoms with Gasteiger partial charge in [0.25, 0.3) is 0 Å². The summed E-state index contributed by atoms with van der Waals surface area (Å²) in [6, 6.07) is 12.4. The molecule has 2 N–H and O–H groups in total. The van der Waals surface area contributed by atoms with Crippen LogP contribution in [0.15, 0.2) is 42.6 Å². The first-order valence-electron chi connectivity index (χ1n) is 6.10. The summed E-state index contributed by atoms with van der Waals surface area (Å²) < 4.78 is 1.96. The van der Waals surface area contributed by atoms with E-state index in [1.807, 2.05) is 29.1 Å². The third-order valence-electron chi connectivity index (χ3n) is 4.22. The lowest BCUT2D eigenvalue weighted by Crippen LogP contribution is -2.74. The average molecular weight is 225 g/mol. The van der Waals surface area contributed by atoms with Crippen molar-refractivity contribution in [2.75, 3.05) is 0 Å². The largest absolute Gasteiger partial charge is 0.325 e. The molecule has 1 aromatic carbocycles. The van der Waals surface area contributed by atoms with Crippen LogP contribution in [0.2, 0.25) is 0 Å². The molecule has 86 valence electrons. The second-order valence-corrected chi connectivity index (χ2v) is 5.65. The molecule has 0 atom stereocenters. The molecule has 3 heteroatoms. The summed E-state index contributed by atoms with van der Waals surface area (Å²) in [6.07, 6.45) is 5.40. The molecule has 3 aliphatic rings. The van der Waals surface area contributed by atoms with E-state index >= 15 is 0 Å². The van der Waals surface area contributed by atoms with Crippen LogP contribution in [0.1, 0.15) is 25.0 Å². The average Bonchev–Trinajstić information content (AvgIpc) is 2.74. The molecule has 0 saturated heterocycles. The summed E-state index contributed by atoms with van der Waals surface area (Å²) in [5.41, 5.74) is 8.89. The number of hydrogen-bond donors (Lipinski definition) is 1. The fourth-order valence-electron chi connectivity index (χ4n) is 3.47. The van der Waals surface area contributed by atoms with E-state index in [0.29, 0.717) is 5.41 Å². The van der Waals surface area contributed by atoms with E-state index in [2.05, 4.69) is 18.2 Å². The Balaban J connectivity index is 1.67. The molecule has 3 aliphatic carbocycles. The third-order valence-corrected chi connectivity index (χ3v) is 4.22. The SMILES string of the molecule is NC12CC(c3ccn(-c4ccccc4)n3)(C1)C2. The topological polar surface area (TPSA) is 43.8 Å². The van der Waals surface area contributed by atoms with Gasteiger partial charge in [-0.1, -0.05) is 18.2 Å². The predicted molar refractivity (Wildman–Crippen MR) is 66.0 cm³/mol. The maximum Gasteiger partial charge on any atom is 0.0692 e. The molecule has 0 spiro atoms. The van der Waals surface area contributed by atoms with Crippen molar-refractivity contribution in [3.8, 4) is 5.69 Å². The minimum atomic E-state index is 0.149. The lowest BCUT2D eigenvalue weighted by atomic mass is 9.39. The molecule has 3 nitrogen and oxygen atoms in total. The number of nitrogens with two attached hydrogens (primary N) is 1. The minimum absolute atomic E-state index is 0.149. The van der Waals surface area contributed by atoms with Crippen LogP contribution in [-0.4, -0.2) is 15.3 Å². The third kappa shape index (κ3) is 1.17. The summed E-state index contributed by atoms with van der Waals surface area (Å²) in [4.78, 5) is 0. The van der Waals surface area contributed by atoms with Crippen molar-refractivity contribution in [3.63, 3.8) is 0 Å². The van der Waals surface area contributed by atoms with E-state index in [1.165, 1.54) is 5.69 Å². The maximum atomic E-state index is 6.09. The Hall–Kier alpha value is -1.61. The Morgan fingerprint density at radius 2 is 1.76 bits per heavy atom. The monoisotopic (exact) mass is 225 g/mol. The van der Waals surface area contributed by atoms with Crippen LogP contribution in [0.3, 0.4) is 0 Å². The van der Waals surface area contributed by atoms with Crippen LogP contribution in [0.5, 0.6) is 0 Å². The summed E-state index contributed by atoms with van der Waals surface area (Å²) in [5.74, 6) is 0. The maximum absolute atomic E-state index is 6.09. The first kappa shape index (κ1) is 9.42. The zero-order valence-electron chi connectivity index (χ0n) is 9.63. The van der Waals surface area contributed by atoms with Gasteiger partial charge in [0.15, 0.2) is 0 Å². The van der Waals surface area contributed by atoms with Gasteiger partial charge >= 0.3 is 0 Å². The second-order valence-electron chi connectivity index (χ2n) is 5.65. The van der Waals surface area contributed by atoms with Gasteiger partial charge in [-0.15, -0.1) is 0 Å². The molecule has 0 aliphatic heterocycles. The standard InChI is InChI=1S/C14H15N3/c15-14-8-13(9-14,10-14)12-6-7-17(16-12)11-4-2-1-3-5-11/h1-7H,8-10,15H2. The highest BCUT2D eigenvalue weighted by Gasteiger charge is 2.67. The van der Waals surface area contributed by atoms with Crippen molar-refractivity contribution in [1.82, 2.24) is 9.78 Å². The Morgan fingerprint density at radius 1 is 1.06 bits per heavy atom. The van der Waals surface area contributed by atoms with Crippen LogP contribution in [0.25, 0.3) is 5.69 Å². The lowest BCUT2D eigenvalue weighted by molar-refractivity contribution is -0.0622. The predicted octanol–water partition coefficient (Wildman–Crippen LogP) is 2.01. The van der Waals surface area contributed by atoms with Crippen LogP contribution in [-0.2, 0) is 5.41 Å². The quantitative estimate of drug-likeness (QED) is 0.849. The van der Waals surface area contributed by atoms with Gasteiger partial charge < -0.3 is 5.73 Å². The Kier molecular flexibility index (Phi) is 1.55. The summed E-state index contributed by atoms with van der Waals surface area (Å²) >= 11 is 0. The second kappa shape index (κ2) is 2.79. The number of nitrogens with zero attached hydrogens (tertiary/aromatic N) is 2. The van der Waals surface area contributed by atoms with Crippen molar-refractivity contribution in [1.29, 1.82) is 0 Å². The Morgan fingerprint density at radius 3 is 2.41 bits per heavy atom. The van der Waals surface area contributed by atoms with E-state index in [-0.39, 0.29) is 5.54 Å².